The van der Waals surface area contributed by atoms with Crippen LogP contribution in [0.3, 0.4) is 0 Å². The average molecular weight is 206 g/mol. The summed E-state index contributed by atoms with van der Waals surface area (Å²) in [5.41, 5.74) is 0.748. The molecule has 0 aromatic heterocycles. The molecule has 1 N–H and O–H groups in total. The van der Waals surface area contributed by atoms with Crippen LogP contribution in [0, 0.1) is 5.92 Å². The van der Waals surface area contributed by atoms with Crippen LogP contribution in [0.4, 0.5) is 0 Å². The van der Waals surface area contributed by atoms with Crippen molar-refractivity contribution in [2.24, 2.45) is 5.92 Å². The molecule has 2 atom stereocenters. The Labute approximate surface area is 88.7 Å². The topological polar surface area (TPSA) is 46.5 Å². The molecule has 15 heavy (non-hydrogen) atoms. The van der Waals surface area contributed by atoms with Crippen molar-refractivity contribution in [3.63, 3.8) is 0 Å². The van der Waals surface area contributed by atoms with Gasteiger partial charge in [0, 0.05) is 11.0 Å². The summed E-state index contributed by atoms with van der Waals surface area (Å²) in [6.45, 7) is 1.98. The highest BCUT2D eigenvalue weighted by atomic mass is 16.5. The minimum absolute atomic E-state index is 0.252. The first-order valence-electron chi connectivity index (χ1n) is 4.96. The number of carboxylic acid groups (broad SMARTS) is 1. The predicted octanol–water partition coefficient (Wildman–Crippen LogP) is 2.06. The van der Waals surface area contributed by atoms with E-state index >= 15 is 0 Å². The van der Waals surface area contributed by atoms with E-state index in [1.807, 2.05) is 31.2 Å². The van der Waals surface area contributed by atoms with Crippen molar-refractivity contribution < 1.29 is 14.6 Å². The first-order chi connectivity index (χ1) is 7.09. The summed E-state index contributed by atoms with van der Waals surface area (Å²) in [6, 6.07) is 7.63. The van der Waals surface area contributed by atoms with Crippen LogP contribution >= 0.6 is 0 Å². The van der Waals surface area contributed by atoms with E-state index in [2.05, 4.69) is 0 Å². The lowest BCUT2D eigenvalue weighted by atomic mass is 9.94. The van der Waals surface area contributed by atoms with Gasteiger partial charge in [-0.05, 0) is 12.5 Å². The third-order valence-electron chi connectivity index (χ3n) is 3.26. The van der Waals surface area contributed by atoms with Crippen LogP contribution in [0.5, 0.6) is 5.75 Å². The van der Waals surface area contributed by atoms with E-state index in [9.17, 15) is 4.79 Å². The normalized spacial score (nSPS) is 28.5. The van der Waals surface area contributed by atoms with Crippen LogP contribution in [0.15, 0.2) is 24.3 Å². The zero-order chi connectivity index (χ0) is 11.1. The SMILES string of the molecule is COc1ccccc1[C@]1(C)C[C@@H]1C(=O)O. The second-order valence-corrected chi connectivity index (χ2v) is 4.21. The number of carboxylic acids is 1. The van der Waals surface area contributed by atoms with Crippen LogP contribution in [0.25, 0.3) is 0 Å². The first kappa shape index (κ1) is 10.0. The number of rotatable bonds is 3. The van der Waals surface area contributed by atoms with Gasteiger partial charge in [-0.25, -0.2) is 0 Å². The lowest BCUT2D eigenvalue weighted by Crippen LogP contribution is -2.12. The minimum atomic E-state index is -0.719. The van der Waals surface area contributed by atoms with E-state index in [1.54, 1.807) is 7.11 Å². The summed E-state index contributed by atoms with van der Waals surface area (Å²) in [5, 5.41) is 8.97. The molecule has 0 amide bonds. The van der Waals surface area contributed by atoms with Gasteiger partial charge < -0.3 is 9.84 Å². The van der Waals surface area contributed by atoms with Crippen LogP contribution in [0.1, 0.15) is 18.9 Å². The van der Waals surface area contributed by atoms with Crippen molar-refractivity contribution in [1.82, 2.24) is 0 Å². The van der Waals surface area contributed by atoms with Crippen molar-refractivity contribution in [2.45, 2.75) is 18.8 Å². The standard InChI is InChI=1S/C12H14O3/c1-12(7-9(12)11(13)14)8-5-3-4-6-10(8)15-2/h3-6,9H,7H2,1-2H3,(H,13,14)/t9-,12+/m1/s1. The average Bonchev–Trinajstić information content (AvgIpc) is 2.92. The van der Waals surface area contributed by atoms with Crippen molar-refractivity contribution in [3.05, 3.63) is 29.8 Å². The zero-order valence-corrected chi connectivity index (χ0v) is 8.86. The van der Waals surface area contributed by atoms with Gasteiger partial charge in [-0.2, -0.15) is 0 Å². The number of carbonyl (C=O) groups is 1. The summed E-state index contributed by atoms with van der Waals surface area (Å²) in [5.74, 6) is -0.207. The molecule has 0 heterocycles. The molecule has 2 rings (SSSR count). The van der Waals surface area contributed by atoms with Crippen molar-refractivity contribution in [2.75, 3.05) is 7.11 Å². The molecule has 1 aliphatic carbocycles. The molecule has 80 valence electrons. The molecule has 0 bridgehead atoms. The fourth-order valence-electron chi connectivity index (χ4n) is 2.14. The maximum absolute atomic E-state index is 10.9. The smallest absolute Gasteiger partial charge is 0.307 e. The summed E-state index contributed by atoms with van der Waals surface area (Å²) < 4.78 is 5.25. The molecule has 0 unspecified atom stereocenters. The maximum Gasteiger partial charge on any atom is 0.307 e. The fourth-order valence-corrected chi connectivity index (χ4v) is 2.14. The Kier molecular flexibility index (Phi) is 2.18. The Morgan fingerprint density at radius 1 is 1.53 bits per heavy atom. The quantitative estimate of drug-likeness (QED) is 0.823. The largest absolute Gasteiger partial charge is 0.496 e. The van der Waals surface area contributed by atoms with E-state index in [-0.39, 0.29) is 11.3 Å². The summed E-state index contributed by atoms with van der Waals surface area (Å²) in [6.07, 6.45) is 0.697. The second-order valence-electron chi connectivity index (χ2n) is 4.21. The highest BCUT2D eigenvalue weighted by molar-refractivity contribution is 5.77. The van der Waals surface area contributed by atoms with Gasteiger partial charge in [-0.1, -0.05) is 25.1 Å². The number of methoxy groups -OCH3 is 1. The summed E-state index contributed by atoms with van der Waals surface area (Å²) in [4.78, 5) is 10.9. The molecule has 3 heteroatoms. The van der Waals surface area contributed by atoms with Gasteiger partial charge in [-0.15, -0.1) is 0 Å². The molecular formula is C12H14O3. The number of ether oxygens (including phenoxy) is 1. The van der Waals surface area contributed by atoms with Crippen LogP contribution in [0.2, 0.25) is 0 Å². The zero-order valence-electron chi connectivity index (χ0n) is 8.86. The molecule has 0 saturated heterocycles. The van der Waals surface area contributed by atoms with Gasteiger partial charge in [0.15, 0.2) is 0 Å². The van der Waals surface area contributed by atoms with Gasteiger partial charge in [0.2, 0.25) is 0 Å². The maximum atomic E-state index is 10.9. The molecule has 1 aliphatic rings. The number of para-hydroxylation sites is 1. The number of benzene rings is 1. The molecular weight excluding hydrogens is 192 g/mol. The monoisotopic (exact) mass is 206 g/mol. The van der Waals surface area contributed by atoms with Crippen LogP contribution in [-0.4, -0.2) is 18.2 Å². The highest BCUT2D eigenvalue weighted by Gasteiger charge is 2.57. The molecule has 0 radical (unpaired) electrons. The molecule has 0 spiro atoms. The van der Waals surface area contributed by atoms with E-state index in [0.717, 1.165) is 11.3 Å². The van der Waals surface area contributed by atoms with Gasteiger partial charge in [0.25, 0.3) is 0 Å². The van der Waals surface area contributed by atoms with E-state index in [1.165, 1.54) is 0 Å². The lowest BCUT2D eigenvalue weighted by Gasteiger charge is -2.14. The predicted molar refractivity (Wildman–Crippen MR) is 56.1 cm³/mol. The van der Waals surface area contributed by atoms with Gasteiger partial charge in [0.1, 0.15) is 5.75 Å². The molecule has 3 nitrogen and oxygen atoms in total. The van der Waals surface area contributed by atoms with Crippen LogP contribution in [-0.2, 0) is 10.2 Å². The Bertz CT molecular complexity index is 400. The number of hydrogen-bond donors (Lipinski definition) is 1. The molecule has 1 aromatic rings. The van der Waals surface area contributed by atoms with Gasteiger partial charge in [0.05, 0.1) is 13.0 Å². The lowest BCUT2D eigenvalue weighted by molar-refractivity contribution is -0.138. The van der Waals surface area contributed by atoms with Gasteiger partial charge >= 0.3 is 5.97 Å². The number of aliphatic carboxylic acids is 1. The van der Waals surface area contributed by atoms with Crippen LogP contribution < -0.4 is 4.74 Å². The van der Waals surface area contributed by atoms with Crippen molar-refractivity contribution in [1.29, 1.82) is 0 Å². The Balaban J connectivity index is 2.35. The Morgan fingerprint density at radius 3 is 2.73 bits per heavy atom. The van der Waals surface area contributed by atoms with E-state index < -0.39 is 5.97 Å². The highest BCUT2D eigenvalue weighted by Crippen LogP contribution is 2.56. The summed E-state index contributed by atoms with van der Waals surface area (Å²) >= 11 is 0. The molecule has 1 fully saturated rings. The van der Waals surface area contributed by atoms with Crippen molar-refractivity contribution >= 4 is 5.97 Å². The van der Waals surface area contributed by atoms with E-state index in [0.29, 0.717) is 6.42 Å². The van der Waals surface area contributed by atoms with Crippen molar-refractivity contribution in [3.8, 4) is 5.75 Å². The third-order valence-corrected chi connectivity index (χ3v) is 3.26. The van der Waals surface area contributed by atoms with Gasteiger partial charge in [-0.3, -0.25) is 4.79 Å². The summed E-state index contributed by atoms with van der Waals surface area (Å²) in [7, 11) is 1.61. The molecule has 0 aliphatic heterocycles. The molecule has 1 aromatic carbocycles. The first-order valence-corrected chi connectivity index (χ1v) is 4.96. The number of hydrogen-bond acceptors (Lipinski definition) is 2. The fraction of sp³-hybridized carbons (Fsp3) is 0.417. The Hall–Kier alpha value is -1.51. The Morgan fingerprint density at radius 2 is 2.20 bits per heavy atom. The third kappa shape index (κ3) is 1.48. The van der Waals surface area contributed by atoms with E-state index in [4.69, 9.17) is 9.84 Å². The second kappa shape index (κ2) is 3.26. The minimum Gasteiger partial charge on any atom is -0.496 e. The molecule has 1 saturated carbocycles.